The first-order chi connectivity index (χ1) is 6.79. The number of benzene rings is 1. The summed E-state index contributed by atoms with van der Waals surface area (Å²) >= 11 is 0. The molecule has 1 aromatic rings. The summed E-state index contributed by atoms with van der Waals surface area (Å²) in [6.07, 6.45) is 2.43. The smallest absolute Gasteiger partial charge is 0.133 e. The molecule has 0 saturated heterocycles. The lowest BCUT2D eigenvalue weighted by Gasteiger charge is -2.09. The Hall–Kier alpha value is -1.31. The van der Waals surface area contributed by atoms with Gasteiger partial charge in [0.1, 0.15) is 11.5 Å². The van der Waals surface area contributed by atoms with Gasteiger partial charge in [0.2, 0.25) is 0 Å². The molecule has 2 nitrogen and oxygen atoms in total. The van der Waals surface area contributed by atoms with Gasteiger partial charge < -0.3 is 4.74 Å². The Morgan fingerprint density at radius 3 is 2.93 bits per heavy atom. The lowest BCUT2D eigenvalue weighted by Crippen LogP contribution is -1.94. The number of rotatable bonds is 2. The molecule has 74 valence electrons. The summed E-state index contributed by atoms with van der Waals surface area (Å²) in [5.41, 5.74) is 1.23. The van der Waals surface area contributed by atoms with Crippen LogP contribution in [0, 0.1) is 0 Å². The second-order valence-corrected chi connectivity index (χ2v) is 3.76. The van der Waals surface area contributed by atoms with Crippen molar-refractivity contribution < 1.29 is 9.53 Å². The van der Waals surface area contributed by atoms with Crippen LogP contribution in [0.25, 0.3) is 0 Å². The maximum absolute atomic E-state index is 11.2. The van der Waals surface area contributed by atoms with Crippen molar-refractivity contribution in [2.24, 2.45) is 0 Å². The van der Waals surface area contributed by atoms with Crippen LogP contribution in [-0.2, 0) is 4.79 Å². The van der Waals surface area contributed by atoms with Crippen LogP contribution >= 0.6 is 0 Å². The Bertz CT molecular complexity index is 344. The molecule has 0 bridgehead atoms. The molecule has 2 heteroatoms. The largest absolute Gasteiger partial charge is 0.497 e. The highest BCUT2D eigenvalue weighted by atomic mass is 16.5. The van der Waals surface area contributed by atoms with Gasteiger partial charge in [-0.05, 0) is 30.0 Å². The standard InChI is InChI=1S/C12H14O2/c1-14-12-4-2-3-9(8-12)10-5-6-11(13)7-10/h2-4,8,10H,5-7H2,1H3/t10-/m1/s1. The third kappa shape index (κ3) is 1.79. The third-order valence-corrected chi connectivity index (χ3v) is 2.81. The van der Waals surface area contributed by atoms with Crippen LogP contribution in [0.2, 0.25) is 0 Å². The molecule has 0 spiro atoms. The van der Waals surface area contributed by atoms with E-state index in [0.29, 0.717) is 18.1 Å². The zero-order chi connectivity index (χ0) is 9.97. The molecule has 1 aromatic carbocycles. The van der Waals surface area contributed by atoms with Gasteiger partial charge in [-0.1, -0.05) is 12.1 Å². The number of carbonyl (C=O) groups is 1. The molecule has 1 aliphatic carbocycles. The summed E-state index contributed by atoms with van der Waals surface area (Å²) in [5.74, 6) is 1.68. The SMILES string of the molecule is COc1cccc([C@@H]2CCC(=O)C2)c1. The van der Waals surface area contributed by atoms with E-state index < -0.39 is 0 Å². The number of methoxy groups -OCH3 is 1. The van der Waals surface area contributed by atoms with E-state index in [1.165, 1.54) is 5.56 Å². The second-order valence-electron chi connectivity index (χ2n) is 3.76. The number of Topliss-reactive ketones (excluding diaryl/α,β-unsaturated/α-hetero) is 1. The first-order valence-corrected chi connectivity index (χ1v) is 4.95. The van der Waals surface area contributed by atoms with Crippen LogP contribution in [0.3, 0.4) is 0 Å². The fourth-order valence-electron chi connectivity index (χ4n) is 1.99. The van der Waals surface area contributed by atoms with Crippen LogP contribution < -0.4 is 4.74 Å². The van der Waals surface area contributed by atoms with E-state index in [1.807, 2.05) is 18.2 Å². The fraction of sp³-hybridized carbons (Fsp3) is 0.417. The summed E-state index contributed by atoms with van der Waals surface area (Å²) < 4.78 is 5.16. The van der Waals surface area contributed by atoms with E-state index in [1.54, 1.807) is 7.11 Å². The predicted octanol–water partition coefficient (Wildman–Crippen LogP) is 2.53. The maximum atomic E-state index is 11.2. The second kappa shape index (κ2) is 3.82. The van der Waals surface area contributed by atoms with Crippen molar-refractivity contribution in [3.63, 3.8) is 0 Å². The lowest BCUT2D eigenvalue weighted by molar-refractivity contribution is -0.117. The number of hydrogen-bond donors (Lipinski definition) is 0. The summed E-state index contributed by atoms with van der Waals surface area (Å²) in [6, 6.07) is 8.02. The van der Waals surface area contributed by atoms with Crippen molar-refractivity contribution in [1.82, 2.24) is 0 Å². The van der Waals surface area contributed by atoms with Gasteiger partial charge in [-0.2, -0.15) is 0 Å². The molecule has 0 heterocycles. The Labute approximate surface area is 83.9 Å². The molecule has 2 rings (SSSR count). The van der Waals surface area contributed by atoms with E-state index in [9.17, 15) is 4.79 Å². The predicted molar refractivity (Wildman–Crippen MR) is 54.6 cm³/mol. The average Bonchev–Trinajstić information content (AvgIpc) is 2.65. The molecule has 1 saturated carbocycles. The Morgan fingerprint density at radius 1 is 1.43 bits per heavy atom. The van der Waals surface area contributed by atoms with Crippen LogP contribution in [0.5, 0.6) is 5.75 Å². The van der Waals surface area contributed by atoms with E-state index in [4.69, 9.17) is 4.74 Å². The van der Waals surface area contributed by atoms with Crippen molar-refractivity contribution in [3.8, 4) is 5.75 Å². The van der Waals surface area contributed by atoms with Crippen molar-refractivity contribution in [2.75, 3.05) is 7.11 Å². The molecule has 1 aliphatic rings. The summed E-state index contributed by atoms with van der Waals surface area (Å²) in [7, 11) is 1.67. The molecule has 1 fully saturated rings. The molecule has 0 N–H and O–H groups in total. The van der Waals surface area contributed by atoms with Crippen molar-refractivity contribution >= 4 is 5.78 Å². The van der Waals surface area contributed by atoms with Crippen LogP contribution in [0.1, 0.15) is 30.7 Å². The molecular formula is C12H14O2. The van der Waals surface area contributed by atoms with Crippen molar-refractivity contribution in [3.05, 3.63) is 29.8 Å². The van der Waals surface area contributed by atoms with E-state index in [0.717, 1.165) is 18.6 Å². The quantitative estimate of drug-likeness (QED) is 0.716. The lowest BCUT2D eigenvalue weighted by atomic mass is 9.98. The molecule has 0 aliphatic heterocycles. The van der Waals surface area contributed by atoms with Gasteiger partial charge in [0.05, 0.1) is 7.11 Å². The van der Waals surface area contributed by atoms with Crippen molar-refractivity contribution in [1.29, 1.82) is 0 Å². The number of carbonyl (C=O) groups excluding carboxylic acids is 1. The summed E-state index contributed by atoms with van der Waals surface area (Å²) in [6.45, 7) is 0. The summed E-state index contributed by atoms with van der Waals surface area (Å²) in [5, 5.41) is 0. The third-order valence-electron chi connectivity index (χ3n) is 2.81. The highest BCUT2D eigenvalue weighted by Crippen LogP contribution is 2.33. The number of hydrogen-bond acceptors (Lipinski definition) is 2. The van der Waals surface area contributed by atoms with Gasteiger partial charge in [-0.3, -0.25) is 4.79 Å². The van der Waals surface area contributed by atoms with Gasteiger partial charge in [-0.25, -0.2) is 0 Å². The van der Waals surface area contributed by atoms with Gasteiger partial charge in [-0.15, -0.1) is 0 Å². The average molecular weight is 190 g/mol. The molecule has 0 radical (unpaired) electrons. The number of ether oxygens (including phenoxy) is 1. The minimum absolute atomic E-state index is 0.387. The monoisotopic (exact) mass is 190 g/mol. The maximum Gasteiger partial charge on any atom is 0.133 e. The minimum Gasteiger partial charge on any atom is -0.497 e. The Kier molecular flexibility index (Phi) is 2.53. The van der Waals surface area contributed by atoms with Crippen LogP contribution in [0.15, 0.2) is 24.3 Å². The van der Waals surface area contributed by atoms with Crippen LogP contribution in [-0.4, -0.2) is 12.9 Å². The topological polar surface area (TPSA) is 26.3 Å². The highest BCUT2D eigenvalue weighted by Gasteiger charge is 2.23. The van der Waals surface area contributed by atoms with Gasteiger partial charge in [0, 0.05) is 12.8 Å². The minimum atomic E-state index is 0.387. The van der Waals surface area contributed by atoms with Crippen molar-refractivity contribution in [2.45, 2.75) is 25.2 Å². The van der Waals surface area contributed by atoms with Gasteiger partial charge in [0.15, 0.2) is 0 Å². The molecule has 1 atom stereocenters. The zero-order valence-electron chi connectivity index (χ0n) is 8.32. The van der Waals surface area contributed by atoms with E-state index in [-0.39, 0.29) is 0 Å². The molecular weight excluding hydrogens is 176 g/mol. The first-order valence-electron chi connectivity index (χ1n) is 4.95. The Morgan fingerprint density at radius 2 is 2.29 bits per heavy atom. The fourth-order valence-corrected chi connectivity index (χ4v) is 1.99. The van der Waals surface area contributed by atoms with Gasteiger partial charge >= 0.3 is 0 Å². The Balaban J connectivity index is 2.19. The van der Waals surface area contributed by atoms with Crippen LogP contribution in [0.4, 0.5) is 0 Å². The first kappa shape index (κ1) is 9.25. The summed E-state index contributed by atoms with van der Waals surface area (Å²) in [4.78, 5) is 11.2. The molecule has 0 amide bonds. The normalized spacial score (nSPS) is 21.2. The van der Waals surface area contributed by atoms with E-state index in [2.05, 4.69) is 6.07 Å². The number of ketones is 1. The molecule has 0 aromatic heterocycles. The molecule has 14 heavy (non-hydrogen) atoms. The van der Waals surface area contributed by atoms with E-state index >= 15 is 0 Å². The van der Waals surface area contributed by atoms with Gasteiger partial charge in [0.25, 0.3) is 0 Å². The highest BCUT2D eigenvalue weighted by molar-refractivity contribution is 5.81. The molecule has 0 unspecified atom stereocenters. The zero-order valence-corrected chi connectivity index (χ0v) is 8.32.